The standard InChI is InChI=1S/C26H24ClIN4O2/c27-20-14-22(30-11-9-29-10-12-30)24-23(15-20)31(16-18-5-2-1-3-6-18)26(34)32(25(24)33)17-19-7-4-8-21(28)13-19/h1-8,13-15,29H,9-12,16-17H2. The summed E-state index contributed by atoms with van der Waals surface area (Å²) in [6, 6.07) is 21.3. The zero-order valence-corrected chi connectivity index (χ0v) is 21.4. The zero-order valence-electron chi connectivity index (χ0n) is 18.5. The zero-order chi connectivity index (χ0) is 23.7. The number of nitrogens with zero attached hydrogens (tertiary/aromatic N) is 3. The molecule has 1 N–H and O–H groups in total. The van der Waals surface area contributed by atoms with Crippen LogP contribution in [0.15, 0.2) is 76.3 Å². The lowest BCUT2D eigenvalue weighted by molar-refractivity contribution is 0.589. The summed E-state index contributed by atoms with van der Waals surface area (Å²) in [6.45, 7) is 3.75. The van der Waals surface area contributed by atoms with Crippen molar-refractivity contribution in [2.45, 2.75) is 13.1 Å². The molecule has 0 unspecified atom stereocenters. The second-order valence-electron chi connectivity index (χ2n) is 8.43. The van der Waals surface area contributed by atoms with E-state index in [1.165, 1.54) is 4.57 Å². The van der Waals surface area contributed by atoms with Crippen LogP contribution in [0.25, 0.3) is 10.9 Å². The Balaban J connectivity index is 1.78. The van der Waals surface area contributed by atoms with Gasteiger partial charge in [-0.25, -0.2) is 4.79 Å². The van der Waals surface area contributed by atoms with Crippen molar-refractivity contribution < 1.29 is 0 Å². The van der Waals surface area contributed by atoms with Gasteiger partial charge in [-0.3, -0.25) is 13.9 Å². The van der Waals surface area contributed by atoms with E-state index >= 15 is 0 Å². The van der Waals surface area contributed by atoms with Crippen molar-refractivity contribution >= 4 is 50.8 Å². The molecule has 174 valence electrons. The lowest BCUT2D eigenvalue weighted by atomic mass is 10.1. The molecule has 0 atom stereocenters. The lowest BCUT2D eigenvalue weighted by Gasteiger charge is -2.31. The Kier molecular flexibility index (Phi) is 6.76. The number of hydrogen-bond donors (Lipinski definition) is 1. The van der Waals surface area contributed by atoms with Gasteiger partial charge in [-0.1, -0.05) is 54.1 Å². The van der Waals surface area contributed by atoms with Crippen molar-refractivity contribution in [3.8, 4) is 0 Å². The fourth-order valence-corrected chi connectivity index (χ4v) is 5.33. The van der Waals surface area contributed by atoms with Crippen LogP contribution in [0, 0.1) is 3.57 Å². The molecule has 8 heteroatoms. The number of rotatable bonds is 5. The fraction of sp³-hybridized carbons (Fsp3) is 0.231. The van der Waals surface area contributed by atoms with Gasteiger partial charge in [0, 0.05) is 34.8 Å². The Hall–Kier alpha value is -2.62. The molecule has 4 aromatic rings. The van der Waals surface area contributed by atoms with Crippen LogP contribution in [0.4, 0.5) is 5.69 Å². The molecule has 5 rings (SSSR count). The van der Waals surface area contributed by atoms with E-state index in [1.807, 2.05) is 60.7 Å². The molecule has 6 nitrogen and oxygen atoms in total. The van der Waals surface area contributed by atoms with Crippen molar-refractivity contribution in [2.24, 2.45) is 0 Å². The second kappa shape index (κ2) is 9.93. The van der Waals surface area contributed by atoms with E-state index in [9.17, 15) is 9.59 Å². The van der Waals surface area contributed by atoms with Gasteiger partial charge in [0.2, 0.25) is 0 Å². The minimum absolute atomic E-state index is 0.211. The smallest absolute Gasteiger partial charge is 0.332 e. The minimum atomic E-state index is -0.339. The average Bonchev–Trinajstić information content (AvgIpc) is 2.85. The fourth-order valence-electron chi connectivity index (χ4n) is 4.51. The highest BCUT2D eigenvalue weighted by atomic mass is 127. The van der Waals surface area contributed by atoms with Crippen molar-refractivity contribution in [1.29, 1.82) is 0 Å². The minimum Gasteiger partial charge on any atom is -0.368 e. The van der Waals surface area contributed by atoms with Crippen LogP contribution in [0.1, 0.15) is 11.1 Å². The average molecular weight is 587 g/mol. The molecule has 3 aromatic carbocycles. The Morgan fingerprint density at radius 2 is 1.56 bits per heavy atom. The molecule has 0 spiro atoms. The first-order valence-corrected chi connectivity index (χ1v) is 12.7. The van der Waals surface area contributed by atoms with Crippen LogP contribution >= 0.6 is 34.2 Å². The van der Waals surface area contributed by atoms with Gasteiger partial charge in [0.25, 0.3) is 5.56 Å². The maximum absolute atomic E-state index is 13.9. The van der Waals surface area contributed by atoms with E-state index in [0.717, 1.165) is 46.6 Å². The topological polar surface area (TPSA) is 59.3 Å². The molecular weight excluding hydrogens is 563 g/mol. The molecule has 0 radical (unpaired) electrons. The summed E-state index contributed by atoms with van der Waals surface area (Å²) < 4.78 is 4.09. The first-order chi connectivity index (χ1) is 16.5. The number of piperazine rings is 1. The van der Waals surface area contributed by atoms with Crippen LogP contribution in [0.2, 0.25) is 5.02 Å². The second-order valence-corrected chi connectivity index (χ2v) is 10.1. The van der Waals surface area contributed by atoms with Crippen molar-refractivity contribution in [3.05, 3.63) is 107 Å². The normalized spacial score (nSPS) is 14.0. The van der Waals surface area contributed by atoms with Gasteiger partial charge in [0.15, 0.2) is 0 Å². The first kappa shape index (κ1) is 23.1. The summed E-state index contributed by atoms with van der Waals surface area (Å²) in [5.41, 5.74) is 2.62. The predicted molar refractivity (Wildman–Crippen MR) is 146 cm³/mol. The summed E-state index contributed by atoms with van der Waals surface area (Å²) in [7, 11) is 0. The molecular formula is C26H24ClIN4O2. The molecule has 0 bridgehead atoms. The number of benzene rings is 3. The monoisotopic (exact) mass is 586 g/mol. The Morgan fingerprint density at radius 1 is 0.853 bits per heavy atom. The molecule has 34 heavy (non-hydrogen) atoms. The number of aromatic nitrogens is 2. The number of halogens is 2. The third kappa shape index (κ3) is 4.64. The number of fused-ring (bicyclic) bond motifs is 1. The summed E-state index contributed by atoms with van der Waals surface area (Å²) in [4.78, 5) is 29.8. The number of anilines is 1. The number of nitrogens with one attached hydrogen (secondary N) is 1. The molecule has 1 aliphatic rings. The van der Waals surface area contributed by atoms with Gasteiger partial charge >= 0.3 is 5.69 Å². The highest BCUT2D eigenvalue weighted by Gasteiger charge is 2.22. The maximum atomic E-state index is 13.9. The predicted octanol–water partition coefficient (Wildman–Crippen LogP) is 3.93. The highest BCUT2D eigenvalue weighted by molar-refractivity contribution is 14.1. The summed E-state index contributed by atoms with van der Waals surface area (Å²) in [5.74, 6) is 0. The van der Waals surface area contributed by atoms with Crippen molar-refractivity contribution in [3.63, 3.8) is 0 Å². The van der Waals surface area contributed by atoms with Crippen LogP contribution in [-0.2, 0) is 13.1 Å². The Morgan fingerprint density at radius 3 is 2.29 bits per heavy atom. The van der Waals surface area contributed by atoms with Gasteiger partial charge in [-0.2, -0.15) is 0 Å². The van der Waals surface area contributed by atoms with E-state index in [1.54, 1.807) is 10.6 Å². The SMILES string of the molecule is O=c1c2c(N3CCNCC3)cc(Cl)cc2n(Cc2ccccc2)c(=O)n1Cc1cccc(I)c1. The van der Waals surface area contributed by atoms with Crippen LogP contribution in [-0.4, -0.2) is 35.3 Å². The molecule has 0 saturated carbocycles. The molecule has 0 amide bonds. The molecule has 1 saturated heterocycles. The van der Waals surface area contributed by atoms with E-state index in [2.05, 4.69) is 32.8 Å². The van der Waals surface area contributed by atoms with Crippen LogP contribution in [0.3, 0.4) is 0 Å². The van der Waals surface area contributed by atoms with Crippen molar-refractivity contribution in [2.75, 3.05) is 31.1 Å². The van der Waals surface area contributed by atoms with Crippen LogP contribution < -0.4 is 21.5 Å². The maximum Gasteiger partial charge on any atom is 0.332 e. The Bertz CT molecular complexity index is 1460. The van der Waals surface area contributed by atoms with Gasteiger partial charge in [-0.15, -0.1) is 0 Å². The van der Waals surface area contributed by atoms with E-state index in [4.69, 9.17) is 11.6 Å². The third-order valence-electron chi connectivity index (χ3n) is 6.14. The summed E-state index contributed by atoms with van der Waals surface area (Å²) >= 11 is 8.78. The molecule has 1 aliphatic heterocycles. The third-order valence-corrected chi connectivity index (χ3v) is 7.03. The molecule has 0 aliphatic carbocycles. The van der Waals surface area contributed by atoms with E-state index in [-0.39, 0.29) is 17.8 Å². The molecule has 1 aromatic heterocycles. The Labute approximate surface area is 215 Å². The van der Waals surface area contributed by atoms with Gasteiger partial charge in [0.1, 0.15) is 0 Å². The lowest BCUT2D eigenvalue weighted by Crippen LogP contribution is -2.45. The van der Waals surface area contributed by atoms with Gasteiger partial charge in [0.05, 0.1) is 29.7 Å². The van der Waals surface area contributed by atoms with E-state index in [0.29, 0.717) is 22.5 Å². The summed E-state index contributed by atoms with van der Waals surface area (Å²) in [5, 5.41) is 4.40. The summed E-state index contributed by atoms with van der Waals surface area (Å²) in [6.07, 6.45) is 0. The quantitative estimate of drug-likeness (QED) is 0.360. The van der Waals surface area contributed by atoms with Crippen molar-refractivity contribution in [1.82, 2.24) is 14.5 Å². The van der Waals surface area contributed by atoms with Gasteiger partial charge in [-0.05, 0) is 58.0 Å². The molecule has 1 fully saturated rings. The largest absolute Gasteiger partial charge is 0.368 e. The molecule has 2 heterocycles. The highest BCUT2D eigenvalue weighted by Crippen LogP contribution is 2.29. The van der Waals surface area contributed by atoms with E-state index < -0.39 is 0 Å². The first-order valence-electron chi connectivity index (χ1n) is 11.2. The number of hydrogen-bond acceptors (Lipinski definition) is 4. The van der Waals surface area contributed by atoms with Crippen LogP contribution in [0.5, 0.6) is 0 Å². The van der Waals surface area contributed by atoms with Gasteiger partial charge < -0.3 is 10.2 Å².